The standard InChI is InChI=1S/C33H39N3O5/c1-23(2)20-28(36-33(39)40-22-25-14-8-4-9-15-25)31(38)35-27(19-18-24-12-6-3-7-13-24)30(37)32-34-21-29(41-32)26-16-10-5-11-17-26/h3-17,23,27-30,37H,18-22H2,1-2H3,(H,35,38)(H,36,39). The molecule has 2 amide bonds. The summed E-state index contributed by atoms with van der Waals surface area (Å²) in [5, 5.41) is 17.1. The van der Waals surface area contributed by atoms with Gasteiger partial charge in [0.25, 0.3) is 0 Å². The zero-order valence-corrected chi connectivity index (χ0v) is 23.6. The maximum atomic E-state index is 13.5. The molecule has 0 saturated heterocycles. The van der Waals surface area contributed by atoms with Crippen LogP contribution in [0.3, 0.4) is 0 Å². The predicted molar refractivity (Wildman–Crippen MR) is 158 cm³/mol. The average molecular weight is 558 g/mol. The number of hydrogen-bond acceptors (Lipinski definition) is 6. The molecular weight excluding hydrogens is 518 g/mol. The molecule has 0 fully saturated rings. The van der Waals surface area contributed by atoms with Crippen LogP contribution in [0.4, 0.5) is 4.79 Å². The Kier molecular flexibility index (Phi) is 10.9. The van der Waals surface area contributed by atoms with Gasteiger partial charge in [0.05, 0.1) is 12.6 Å². The minimum Gasteiger partial charge on any atom is -0.469 e. The third kappa shape index (κ3) is 9.18. The van der Waals surface area contributed by atoms with E-state index in [0.29, 0.717) is 25.8 Å². The van der Waals surface area contributed by atoms with E-state index in [-0.39, 0.29) is 24.5 Å². The maximum absolute atomic E-state index is 13.5. The van der Waals surface area contributed by atoms with Crippen molar-refractivity contribution < 1.29 is 24.2 Å². The number of aliphatic hydroxyl groups is 1. The van der Waals surface area contributed by atoms with Gasteiger partial charge in [0.2, 0.25) is 11.8 Å². The number of nitrogens with zero attached hydrogens (tertiary/aromatic N) is 1. The number of aliphatic imine (C=N–C) groups is 1. The topological polar surface area (TPSA) is 109 Å². The van der Waals surface area contributed by atoms with E-state index in [4.69, 9.17) is 9.47 Å². The van der Waals surface area contributed by atoms with Gasteiger partial charge < -0.3 is 25.2 Å². The van der Waals surface area contributed by atoms with Crippen molar-refractivity contribution in [3.05, 3.63) is 108 Å². The van der Waals surface area contributed by atoms with Gasteiger partial charge in [-0.25, -0.2) is 9.79 Å². The Hall–Kier alpha value is -4.17. The van der Waals surface area contributed by atoms with Crippen LogP contribution < -0.4 is 10.6 Å². The molecule has 0 saturated carbocycles. The number of carbonyl (C=O) groups is 2. The second-order valence-electron chi connectivity index (χ2n) is 10.7. The minimum atomic E-state index is -1.15. The summed E-state index contributed by atoms with van der Waals surface area (Å²) >= 11 is 0. The number of carbonyl (C=O) groups excluding carboxylic acids is 2. The highest BCUT2D eigenvalue weighted by molar-refractivity contribution is 5.88. The van der Waals surface area contributed by atoms with Gasteiger partial charge in [-0.15, -0.1) is 0 Å². The second kappa shape index (κ2) is 15.0. The number of nitrogens with one attached hydrogen (secondary N) is 2. The number of benzene rings is 3. The first-order valence-electron chi connectivity index (χ1n) is 14.1. The molecule has 8 heteroatoms. The largest absolute Gasteiger partial charge is 0.469 e. The van der Waals surface area contributed by atoms with Gasteiger partial charge in [-0.1, -0.05) is 105 Å². The van der Waals surface area contributed by atoms with Crippen LogP contribution in [0.15, 0.2) is 96.0 Å². The number of amides is 2. The molecule has 0 radical (unpaired) electrons. The van der Waals surface area contributed by atoms with Crippen LogP contribution in [0.1, 0.15) is 49.5 Å². The molecule has 4 unspecified atom stereocenters. The lowest BCUT2D eigenvalue weighted by molar-refractivity contribution is -0.124. The minimum absolute atomic E-state index is 0.0981. The van der Waals surface area contributed by atoms with Gasteiger partial charge in [0.15, 0.2) is 0 Å². The van der Waals surface area contributed by atoms with Crippen LogP contribution in [0.2, 0.25) is 0 Å². The first-order chi connectivity index (χ1) is 19.9. The van der Waals surface area contributed by atoms with Crippen molar-refractivity contribution in [1.82, 2.24) is 10.6 Å². The molecular formula is C33H39N3O5. The number of ether oxygens (including phenoxy) is 2. The third-order valence-electron chi connectivity index (χ3n) is 6.92. The van der Waals surface area contributed by atoms with E-state index in [9.17, 15) is 14.7 Å². The molecule has 3 aromatic carbocycles. The fraction of sp³-hybridized carbons (Fsp3) is 0.364. The molecule has 1 aliphatic rings. The van der Waals surface area contributed by atoms with E-state index in [0.717, 1.165) is 16.7 Å². The van der Waals surface area contributed by atoms with Gasteiger partial charge in [0, 0.05) is 0 Å². The van der Waals surface area contributed by atoms with Crippen LogP contribution in [0, 0.1) is 5.92 Å². The van der Waals surface area contributed by atoms with Crippen molar-refractivity contribution in [2.45, 2.75) is 64.0 Å². The van der Waals surface area contributed by atoms with Crippen LogP contribution >= 0.6 is 0 Å². The highest BCUT2D eigenvalue weighted by atomic mass is 16.5. The molecule has 3 N–H and O–H groups in total. The Balaban J connectivity index is 1.43. The number of aryl methyl sites for hydroxylation is 1. The zero-order valence-electron chi connectivity index (χ0n) is 23.6. The maximum Gasteiger partial charge on any atom is 0.408 e. The molecule has 1 aliphatic heterocycles. The summed E-state index contributed by atoms with van der Waals surface area (Å²) in [6, 6.07) is 27.4. The summed E-state index contributed by atoms with van der Waals surface area (Å²) in [4.78, 5) is 30.6. The van der Waals surface area contributed by atoms with Crippen molar-refractivity contribution in [2.24, 2.45) is 10.9 Å². The highest BCUT2D eigenvalue weighted by Crippen LogP contribution is 2.25. The van der Waals surface area contributed by atoms with Crippen molar-refractivity contribution >= 4 is 17.9 Å². The Morgan fingerprint density at radius 3 is 2.17 bits per heavy atom. The lowest BCUT2D eigenvalue weighted by Crippen LogP contribution is -2.54. The van der Waals surface area contributed by atoms with E-state index in [2.05, 4.69) is 15.6 Å². The highest BCUT2D eigenvalue weighted by Gasteiger charge is 2.34. The smallest absolute Gasteiger partial charge is 0.408 e. The van der Waals surface area contributed by atoms with Gasteiger partial charge in [-0.05, 0) is 41.9 Å². The lowest BCUT2D eigenvalue weighted by Gasteiger charge is -2.27. The van der Waals surface area contributed by atoms with Crippen LogP contribution in [0.25, 0.3) is 0 Å². The first kappa shape index (κ1) is 29.8. The predicted octanol–water partition coefficient (Wildman–Crippen LogP) is 4.98. The number of rotatable bonds is 13. The van der Waals surface area contributed by atoms with Crippen LogP contribution in [-0.4, -0.2) is 47.7 Å². The van der Waals surface area contributed by atoms with Gasteiger partial charge in [-0.2, -0.15) is 0 Å². The quantitative estimate of drug-likeness (QED) is 0.275. The molecule has 0 aliphatic carbocycles. The SMILES string of the molecule is CC(C)CC(NC(=O)OCc1ccccc1)C(=O)NC(CCc1ccccc1)C(O)C1=NCC(c2ccccc2)O1. The molecule has 0 spiro atoms. The monoisotopic (exact) mass is 557 g/mol. The average Bonchev–Trinajstić information content (AvgIpc) is 3.49. The Labute approximate surface area is 241 Å². The molecule has 8 nitrogen and oxygen atoms in total. The Bertz CT molecular complexity index is 1270. The Morgan fingerprint density at radius 1 is 0.927 bits per heavy atom. The number of aliphatic hydroxyl groups excluding tert-OH is 1. The molecule has 0 bridgehead atoms. The third-order valence-corrected chi connectivity index (χ3v) is 6.92. The van der Waals surface area contributed by atoms with Crippen LogP contribution in [-0.2, 0) is 27.3 Å². The summed E-state index contributed by atoms with van der Waals surface area (Å²) in [6.07, 6.45) is -0.643. The van der Waals surface area contributed by atoms with E-state index in [1.807, 2.05) is 105 Å². The normalized spacial score (nSPS) is 16.7. The second-order valence-corrected chi connectivity index (χ2v) is 10.7. The fourth-order valence-corrected chi connectivity index (χ4v) is 4.74. The summed E-state index contributed by atoms with van der Waals surface area (Å²) in [5.41, 5.74) is 2.90. The summed E-state index contributed by atoms with van der Waals surface area (Å²) in [6.45, 7) is 4.44. The van der Waals surface area contributed by atoms with Crippen molar-refractivity contribution in [3.8, 4) is 0 Å². The van der Waals surface area contributed by atoms with Gasteiger partial charge in [-0.3, -0.25) is 4.79 Å². The first-order valence-corrected chi connectivity index (χ1v) is 14.1. The van der Waals surface area contributed by atoms with E-state index >= 15 is 0 Å². The molecule has 1 heterocycles. The summed E-state index contributed by atoms with van der Waals surface area (Å²) < 4.78 is 11.4. The summed E-state index contributed by atoms with van der Waals surface area (Å²) in [5.74, 6) is -0.0689. The number of alkyl carbamates (subject to hydrolysis) is 1. The van der Waals surface area contributed by atoms with Gasteiger partial charge >= 0.3 is 6.09 Å². The van der Waals surface area contributed by atoms with Crippen molar-refractivity contribution in [1.29, 1.82) is 0 Å². The fourth-order valence-electron chi connectivity index (χ4n) is 4.74. The molecule has 0 aromatic heterocycles. The molecule has 41 heavy (non-hydrogen) atoms. The van der Waals surface area contributed by atoms with Crippen molar-refractivity contribution in [3.63, 3.8) is 0 Å². The Morgan fingerprint density at radius 2 is 1.54 bits per heavy atom. The molecule has 4 rings (SSSR count). The van der Waals surface area contributed by atoms with Gasteiger partial charge in [0.1, 0.15) is 24.9 Å². The van der Waals surface area contributed by atoms with E-state index in [1.54, 1.807) is 0 Å². The van der Waals surface area contributed by atoms with Crippen molar-refractivity contribution in [2.75, 3.05) is 6.54 Å². The zero-order chi connectivity index (χ0) is 29.0. The number of hydrogen-bond donors (Lipinski definition) is 3. The lowest BCUT2D eigenvalue weighted by atomic mass is 9.99. The molecule has 216 valence electrons. The van der Waals surface area contributed by atoms with E-state index in [1.165, 1.54) is 0 Å². The van der Waals surface area contributed by atoms with E-state index < -0.39 is 30.2 Å². The molecule has 4 atom stereocenters. The molecule has 3 aromatic rings. The summed E-state index contributed by atoms with van der Waals surface area (Å²) in [7, 11) is 0. The van der Waals surface area contributed by atoms with Crippen LogP contribution in [0.5, 0.6) is 0 Å².